The Bertz CT molecular complexity index is 759. The molecule has 0 atom stereocenters. The number of halogens is 3. The minimum absolute atomic E-state index is 0.0100. The van der Waals surface area contributed by atoms with Crippen molar-refractivity contribution < 1.29 is 19.0 Å². The lowest BCUT2D eigenvalue weighted by Crippen LogP contribution is -2.21. The molecule has 3 rings (SSSR count). The number of hydrogen-bond donors (Lipinski definition) is 1. The molecule has 0 radical (unpaired) electrons. The van der Waals surface area contributed by atoms with Gasteiger partial charge in [0.2, 0.25) is 0 Å². The van der Waals surface area contributed by atoms with Gasteiger partial charge in [-0.3, -0.25) is 4.79 Å². The van der Waals surface area contributed by atoms with Crippen LogP contribution in [0.1, 0.15) is 5.56 Å². The van der Waals surface area contributed by atoms with Gasteiger partial charge in [0.15, 0.2) is 5.78 Å². The largest absolute Gasteiger partial charge is 0.506 e. The van der Waals surface area contributed by atoms with Gasteiger partial charge in [-0.2, -0.15) is 0 Å². The molecular formula is C15H9Cl2FO3. The highest BCUT2D eigenvalue weighted by molar-refractivity contribution is 6.40. The number of carbonyl (C=O) groups excluding carboxylic acids is 1. The smallest absolute Gasteiger partial charge is 0.174 e. The molecule has 1 aliphatic rings. The van der Waals surface area contributed by atoms with Crippen LogP contribution in [0, 0.1) is 5.82 Å². The van der Waals surface area contributed by atoms with Gasteiger partial charge in [0.25, 0.3) is 0 Å². The zero-order valence-corrected chi connectivity index (χ0v) is 12.1. The third-order valence-electron chi connectivity index (χ3n) is 3.24. The van der Waals surface area contributed by atoms with Crippen LogP contribution in [0.4, 0.5) is 4.39 Å². The maximum atomic E-state index is 13.8. The van der Waals surface area contributed by atoms with Gasteiger partial charge in [-0.25, -0.2) is 4.39 Å². The summed E-state index contributed by atoms with van der Waals surface area (Å²) in [4.78, 5) is 11.4. The normalized spacial score (nSPS) is 13.8. The fourth-order valence-electron chi connectivity index (χ4n) is 2.34. The number of carbonyl (C=O) groups is 1. The highest BCUT2D eigenvalue weighted by Gasteiger charge is 2.25. The van der Waals surface area contributed by atoms with Gasteiger partial charge < -0.3 is 9.84 Å². The van der Waals surface area contributed by atoms with E-state index in [1.807, 2.05) is 0 Å². The van der Waals surface area contributed by atoms with Crippen molar-refractivity contribution >= 4 is 29.0 Å². The predicted molar refractivity (Wildman–Crippen MR) is 77.7 cm³/mol. The van der Waals surface area contributed by atoms with E-state index in [4.69, 9.17) is 27.9 Å². The summed E-state index contributed by atoms with van der Waals surface area (Å²) in [6.45, 7) is -0.0836. The quantitative estimate of drug-likeness (QED) is 0.861. The molecule has 1 heterocycles. The summed E-state index contributed by atoms with van der Waals surface area (Å²) in [7, 11) is 0. The minimum Gasteiger partial charge on any atom is -0.506 e. The van der Waals surface area contributed by atoms with Crippen molar-refractivity contribution in [1.82, 2.24) is 0 Å². The van der Waals surface area contributed by atoms with Crippen LogP contribution >= 0.6 is 23.2 Å². The van der Waals surface area contributed by atoms with Gasteiger partial charge >= 0.3 is 0 Å². The first kappa shape index (κ1) is 14.2. The molecule has 6 heteroatoms. The van der Waals surface area contributed by atoms with E-state index in [0.29, 0.717) is 16.9 Å². The van der Waals surface area contributed by atoms with Gasteiger partial charge in [-0.1, -0.05) is 23.2 Å². The van der Waals surface area contributed by atoms with Crippen molar-refractivity contribution in [3.8, 4) is 22.6 Å². The van der Waals surface area contributed by atoms with Crippen LogP contribution in [0.2, 0.25) is 10.0 Å². The van der Waals surface area contributed by atoms with Crippen molar-refractivity contribution in [2.75, 3.05) is 6.61 Å². The van der Waals surface area contributed by atoms with Crippen molar-refractivity contribution in [3.05, 3.63) is 45.7 Å². The van der Waals surface area contributed by atoms with Crippen molar-refractivity contribution in [3.63, 3.8) is 0 Å². The van der Waals surface area contributed by atoms with E-state index in [9.17, 15) is 14.3 Å². The molecule has 2 aromatic rings. The number of benzene rings is 2. The molecule has 0 aromatic heterocycles. The third kappa shape index (κ3) is 2.45. The number of aromatic hydroxyl groups is 1. The number of phenolic OH excluding ortho intramolecular Hbond substituents is 1. The van der Waals surface area contributed by atoms with Crippen LogP contribution in [0.15, 0.2) is 24.3 Å². The maximum Gasteiger partial charge on any atom is 0.174 e. The van der Waals surface area contributed by atoms with Crippen LogP contribution in [0.3, 0.4) is 0 Å². The van der Waals surface area contributed by atoms with Crippen LogP contribution in [0.25, 0.3) is 11.1 Å². The molecule has 0 fully saturated rings. The lowest BCUT2D eigenvalue weighted by molar-refractivity contribution is -0.121. The van der Waals surface area contributed by atoms with Crippen molar-refractivity contribution in [2.45, 2.75) is 6.42 Å². The molecule has 108 valence electrons. The summed E-state index contributed by atoms with van der Waals surface area (Å²) < 4.78 is 19.2. The first-order chi connectivity index (χ1) is 9.97. The van der Waals surface area contributed by atoms with Gasteiger partial charge in [-0.05, 0) is 24.3 Å². The zero-order chi connectivity index (χ0) is 15.1. The second kappa shape index (κ2) is 5.20. The van der Waals surface area contributed by atoms with E-state index < -0.39 is 5.82 Å². The Morgan fingerprint density at radius 3 is 2.76 bits per heavy atom. The van der Waals surface area contributed by atoms with E-state index in [1.54, 1.807) is 0 Å². The fourth-order valence-corrected chi connectivity index (χ4v) is 2.92. The van der Waals surface area contributed by atoms with E-state index in [-0.39, 0.29) is 40.2 Å². The molecule has 3 nitrogen and oxygen atoms in total. The topological polar surface area (TPSA) is 46.5 Å². The summed E-state index contributed by atoms with van der Waals surface area (Å²) in [6, 6.07) is 5.29. The lowest BCUT2D eigenvalue weighted by atomic mass is 9.96. The first-order valence-corrected chi connectivity index (χ1v) is 6.87. The third-order valence-corrected chi connectivity index (χ3v) is 3.93. The van der Waals surface area contributed by atoms with Crippen LogP contribution < -0.4 is 4.74 Å². The molecule has 0 saturated carbocycles. The molecule has 21 heavy (non-hydrogen) atoms. The summed E-state index contributed by atoms with van der Waals surface area (Å²) in [6.07, 6.45) is 0.0914. The predicted octanol–water partition coefficient (Wildman–Crippen LogP) is 4.01. The maximum absolute atomic E-state index is 13.8. The lowest BCUT2D eigenvalue weighted by Gasteiger charge is -2.21. The zero-order valence-electron chi connectivity index (χ0n) is 10.6. The monoisotopic (exact) mass is 326 g/mol. The number of hydrogen-bond acceptors (Lipinski definition) is 3. The van der Waals surface area contributed by atoms with Gasteiger partial charge in [0.1, 0.15) is 23.9 Å². The molecule has 0 spiro atoms. The number of ether oxygens (including phenoxy) is 1. The van der Waals surface area contributed by atoms with Crippen LogP contribution in [-0.2, 0) is 11.2 Å². The average Bonchev–Trinajstić information content (AvgIpc) is 2.42. The van der Waals surface area contributed by atoms with Gasteiger partial charge in [0.05, 0.1) is 10.0 Å². The number of ketones is 1. The molecule has 1 N–H and O–H groups in total. The SMILES string of the molecule is O=C1COc2c(cc(F)cc2-c2c(Cl)ccc(O)c2Cl)C1. The van der Waals surface area contributed by atoms with E-state index in [0.717, 1.165) is 0 Å². The highest BCUT2D eigenvalue weighted by atomic mass is 35.5. The average molecular weight is 327 g/mol. The van der Waals surface area contributed by atoms with Gasteiger partial charge in [0, 0.05) is 23.1 Å². The number of rotatable bonds is 1. The second-order valence-corrected chi connectivity index (χ2v) is 5.49. The van der Waals surface area contributed by atoms with Crippen LogP contribution in [0.5, 0.6) is 11.5 Å². The Morgan fingerprint density at radius 2 is 2.00 bits per heavy atom. The molecule has 0 unspecified atom stereocenters. The van der Waals surface area contributed by atoms with Crippen molar-refractivity contribution in [2.24, 2.45) is 0 Å². The van der Waals surface area contributed by atoms with E-state index >= 15 is 0 Å². The van der Waals surface area contributed by atoms with E-state index in [1.165, 1.54) is 24.3 Å². The Hall–Kier alpha value is -1.78. The summed E-state index contributed by atoms with van der Waals surface area (Å²) >= 11 is 12.2. The Kier molecular flexibility index (Phi) is 3.51. The number of phenols is 1. The molecule has 1 aliphatic heterocycles. The minimum atomic E-state index is -0.530. The molecule has 0 bridgehead atoms. The Balaban J connectivity index is 2.29. The van der Waals surface area contributed by atoms with Gasteiger partial charge in [-0.15, -0.1) is 0 Å². The summed E-state index contributed by atoms with van der Waals surface area (Å²) in [5.74, 6) is -0.462. The number of Topliss-reactive ketones (excluding diaryl/α,β-unsaturated/α-hetero) is 1. The Morgan fingerprint density at radius 1 is 1.24 bits per heavy atom. The second-order valence-electron chi connectivity index (χ2n) is 4.70. The fraction of sp³-hybridized carbons (Fsp3) is 0.133. The Labute approximate surface area is 129 Å². The molecular weight excluding hydrogens is 318 g/mol. The first-order valence-electron chi connectivity index (χ1n) is 6.11. The standard InChI is InChI=1S/C15H9Cl2FO3/c16-11-1-2-12(20)14(17)13(11)10-5-8(18)3-7-4-9(19)6-21-15(7)10/h1-3,5,20H,4,6H2. The molecule has 0 amide bonds. The van der Waals surface area contributed by atoms with Crippen molar-refractivity contribution in [1.29, 1.82) is 0 Å². The summed E-state index contributed by atoms with van der Waals surface area (Å²) in [5, 5.41) is 9.99. The van der Waals surface area contributed by atoms with E-state index in [2.05, 4.69) is 0 Å². The molecule has 2 aromatic carbocycles. The highest BCUT2D eigenvalue weighted by Crippen LogP contribution is 2.45. The molecule has 0 aliphatic carbocycles. The summed E-state index contributed by atoms with van der Waals surface area (Å²) in [5.41, 5.74) is 1.04. The van der Waals surface area contributed by atoms with Crippen LogP contribution in [-0.4, -0.2) is 17.5 Å². The molecule has 0 saturated heterocycles. The number of fused-ring (bicyclic) bond motifs is 1.